The molecular formula is C17H18F2IN3OS. The molecule has 2 N–H and O–H groups in total. The first kappa shape index (κ1) is 18.6. The van der Waals surface area contributed by atoms with Crippen molar-refractivity contribution in [3.8, 4) is 0 Å². The molecule has 3 atom stereocenters. The molecule has 1 aliphatic heterocycles. The molecule has 1 aromatic rings. The molecule has 4 nitrogen and oxygen atoms in total. The second kappa shape index (κ2) is 6.22. The fourth-order valence-corrected chi connectivity index (χ4v) is 5.44. The number of fused-ring (bicyclic) bond motifs is 1. The number of hydrogen-bond donors (Lipinski definition) is 1. The van der Waals surface area contributed by atoms with Crippen molar-refractivity contribution in [3.63, 3.8) is 0 Å². The van der Waals surface area contributed by atoms with E-state index in [0.717, 1.165) is 0 Å². The van der Waals surface area contributed by atoms with Crippen LogP contribution in [0, 0.1) is 11.7 Å². The fourth-order valence-electron chi connectivity index (χ4n) is 3.58. The van der Waals surface area contributed by atoms with Crippen LogP contribution in [-0.2, 0) is 10.3 Å². The second-order valence-corrected chi connectivity index (χ2v) is 9.10. The average molecular weight is 477 g/mol. The van der Waals surface area contributed by atoms with Gasteiger partial charge in [0, 0.05) is 25.6 Å². The third-order valence-corrected chi connectivity index (χ3v) is 6.40. The molecule has 1 amide bonds. The van der Waals surface area contributed by atoms with Gasteiger partial charge in [0.25, 0.3) is 0 Å². The van der Waals surface area contributed by atoms with Gasteiger partial charge in [-0.25, -0.2) is 4.39 Å². The van der Waals surface area contributed by atoms with Crippen LogP contribution in [0.2, 0.25) is 0 Å². The predicted octanol–water partition coefficient (Wildman–Crippen LogP) is 3.65. The fraction of sp³-hybridized carbons (Fsp3) is 0.412. The van der Waals surface area contributed by atoms with Crippen LogP contribution in [0.5, 0.6) is 0 Å². The number of benzene rings is 1. The molecule has 1 heterocycles. The number of halogens is 3. The lowest BCUT2D eigenvalue weighted by molar-refractivity contribution is -0.129. The summed E-state index contributed by atoms with van der Waals surface area (Å²) < 4.78 is 26.7. The maximum atomic E-state index is 14.6. The van der Waals surface area contributed by atoms with Crippen LogP contribution >= 0.6 is 34.4 Å². The predicted molar refractivity (Wildman–Crippen MR) is 106 cm³/mol. The Labute approximate surface area is 163 Å². The van der Waals surface area contributed by atoms with Crippen molar-refractivity contribution in [2.45, 2.75) is 23.6 Å². The van der Waals surface area contributed by atoms with Gasteiger partial charge in [0.1, 0.15) is 10.6 Å². The van der Waals surface area contributed by atoms with E-state index in [2.05, 4.69) is 4.99 Å². The highest BCUT2D eigenvalue weighted by Crippen LogP contribution is 2.66. The van der Waals surface area contributed by atoms with E-state index in [4.69, 9.17) is 5.73 Å². The number of rotatable bonds is 3. The Bertz CT molecular complexity index is 809. The van der Waals surface area contributed by atoms with Gasteiger partial charge in [-0.15, -0.1) is 0 Å². The Morgan fingerprint density at radius 3 is 2.80 bits per heavy atom. The summed E-state index contributed by atoms with van der Waals surface area (Å²) in [5.74, 6) is -0.637. The van der Waals surface area contributed by atoms with Gasteiger partial charge in [0.2, 0.25) is 5.91 Å². The number of carbonyl (C=O) groups is 1. The lowest BCUT2D eigenvalue weighted by Crippen LogP contribution is -2.43. The highest BCUT2D eigenvalue weighted by molar-refractivity contribution is 14.1. The number of hydrogen-bond acceptors (Lipinski definition) is 4. The zero-order valence-electron chi connectivity index (χ0n) is 14.0. The van der Waals surface area contributed by atoms with Gasteiger partial charge in [-0.2, -0.15) is 4.39 Å². The van der Waals surface area contributed by atoms with Gasteiger partial charge >= 0.3 is 0 Å². The molecule has 0 unspecified atom stereocenters. The van der Waals surface area contributed by atoms with E-state index in [0.29, 0.717) is 17.5 Å². The number of nitrogens with zero attached hydrogens (tertiary/aromatic N) is 2. The van der Waals surface area contributed by atoms with E-state index in [1.54, 1.807) is 49.7 Å². The molecular weight excluding hydrogens is 459 g/mol. The minimum atomic E-state index is -0.962. The summed E-state index contributed by atoms with van der Waals surface area (Å²) in [6.07, 6.45) is 1.90. The van der Waals surface area contributed by atoms with E-state index < -0.39 is 19.9 Å². The van der Waals surface area contributed by atoms with E-state index >= 15 is 0 Å². The monoisotopic (exact) mass is 477 g/mol. The van der Waals surface area contributed by atoms with Gasteiger partial charge in [-0.3, -0.25) is 9.79 Å². The van der Waals surface area contributed by atoms with Crippen LogP contribution in [0.4, 0.5) is 8.78 Å². The third-order valence-electron chi connectivity index (χ3n) is 4.80. The number of carbonyl (C=O) groups excluding carboxylic acids is 1. The van der Waals surface area contributed by atoms with Crippen LogP contribution in [0.1, 0.15) is 24.5 Å². The SMILES string of the molecule is CN(C)C(=O)[C@]12C[C@H]1[C@@](C)(c1cc(/C=C(\F)I)ccc1F)N=C(N)S2. The van der Waals surface area contributed by atoms with Gasteiger partial charge in [-0.1, -0.05) is 17.8 Å². The molecule has 1 fully saturated rings. The van der Waals surface area contributed by atoms with Crippen molar-refractivity contribution in [2.75, 3.05) is 14.1 Å². The highest BCUT2D eigenvalue weighted by Gasteiger charge is 2.71. The average Bonchev–Trinajstić information content (AvgIpc) is 3.24. The number of nitrogens with two attached hydrogens (primary N) is 1. The number of amides is 1. The Balaban J connectivity index is 2.09. The summed E-state index contributed by atoms with van der Waals surface area (Å²) in [5, 5.41) is 0.270. The first-order valence-corrected chi connectivity index (χ1v) is 9.58. The van der Waals surface area contributed by atoms with Gasteiger partial charge < -0.3 is 10.6 Å². The summed E-state index contributed by atoms with van der Waals surface area (Å²) >= 11 is 2.82. The molecule has 134 valence electrons. The molecule has 0 saturated heterocycles. The first-order valence-electron chi connectivity index (χ1n) is 7.69. The molecule has 0 aromatic heterocycles. The van der Waals surface area contributed by atoms with Crippen molar-refractivity contribution in [1.29, 1.82) is 0 Å². The number of thioether (sulfide) groups is 1. The number of aliphatic imine (C=N–C) groups is 1. The molecule has 3 rings (SSSR count). The maximum Gasteiger partial charge on any atom is 0.239 e. The highest BCUT2D eigenvalue weighted by atomic mass is 127. The Hall–Kier alpha value is -1.16. The molecule has 8 heteroatoms. The van der Waals surface area contributed by atoms with Crippen LogP contribution in [-0.4, -0.2) is 34.8 Å². The smallest absolute Gasteiger partial charge is 0.239 e. The summed E-state index contributed by atoms with van der Waals surface area (Å²) in [6.45, 7) is 1.79. The minimum Gasteiger partial charge on any atom is -0.378 e. The quantitative estimate of drug-likeness (QED) is 0.677. The molecule has 2 aliphatic rings. The topological polar surface area (TPSA) is 58.7 Å². The van der Waals surface area contributed by atoms with E-state index in [9.17, 15) is 13.6 Å². The van der Waals surface area contributed by atoms with Crippen LogP contribution in [0.25, 0.3) is 6.08 Å². The van der Waals surface area contributed by atoms with Crippen molar-refractivity contribution in [3.05, 3.63) is 39.0 Å². The molecule has 25 heavy (non-hydrogen) atoms. The zero-order chi connectivity index (χ0) is 18.6. The standard InChI is InChI=1S/C17H18F2IN3OS/c1-16(10-6-9(7-13(19)20)4-5-11(10)18)12-8-17(12,14(24)23(2)3)25-15(21)22-16/h4-7,12H,8H2,1-3H3,(H2,21,22)/b13-7+/t12-,16+,17-/m0/s1. The maximum absolute atomic E-state index is 14.6. The van der Waals surface area contributed by atoms with Gasteiger partial charge in [0.15, 0.2) is 9.00 Å². The lowest BCUT2D eigenvalue weighted by Gasteiger charge is -2.34. The van der Waals surface area contributed by atoms with Crippen LogP contribution in [0.3, 0.4) is 0 Å². The molecule has 1 aliphatic carbocycles. The van der Waals surface area contributed by atoms with Crippen molar-refractivity contribution >= 4 is 51.5 Å². The lowest BCUT2D eigenvalue weighted by atomic mass is 9.84. The summed E-state index contributed by atoms with van der Waals surface area (Å²) in [6, 6.07) is 4.40. The number of amidine groups is 1. The Morgan fingerprint density at radius 1 is 1.52 bits per heavy atom. The first-order chi connectivity index (χ1) is 11.6. The van der Waals surface area contributed by atoms with Crippen LogP contribution in [0.15, 0.2) is 27.0 Å². The van der Waals surface area contributed by atoms with Crippen molar-refractivity contribution in [2.24, 2.45) is 16.6 Å². The van der Waals surface area contributed by atoms with Crippen molar-refractivity contribution < 1.29 is 13.6 Å². The largest absolute Gasteiger partial charge is 0.378 e. The minimum absolute atomic E-state index is 0.0404. The van der Waals surface area contributed by atoms with E-state index in [-0.39, 0.29) is 17.0 Å². The van der Waals surface area contributed by atoms with E-state index in [1.165, 1.54) is 34.9 Å². The third kappa shape index (κ3) is 3.07. The van der Waals surface area contributed by atoms with Gasteiger partial charge in [0.05, 0.1) is 5.54 Å². The molecule has 0 bridgehead atoms. The zero-order valence-corrected chi connectivity index (χ0v) is 17.0. The van der Waals surface area contributed by atoms with Crippen molar-refractivity contribution in [1.82, 2.24) is 4.90 Å². The molecule has 0 spiro atoms. The van der Waals surface area contributed by atoms with E-state index in [1.807, 2.05) is 0 Å². The summed E-state index contributed by atoms with van der Waals surface area (Å²) in [4.78, 5) is 18.7. The van der Waals surface area contributed by atoms with Crippen LogP contribution < -0.4 is 5.73 Å². The molecule has 1 aromatic carbocycles. The second-order valence-electron chi connectivity index (χ2n) is 6.72. The Kier molecular flexibility index (Phi) is 4.64. The summed E-state index contributed by atoms with van der Waals surface area (Å²) in [7, 11) is 3.39. The molecule has 1 saturated carbocycles. The normalized spacial score (nSPS) is 31.2. The Morgan fingerprint density at radius 2 is 2.20 bits per heavy atom. The molecule has 0 radical (unpaired) electrons. The summed E-state index contributed by atoms with van der Waals surface area (Å²) in [5.41, 5.74) is 5.92. The van der Waals surface area contributed by atoms with Gasteiger partial charge in [-0.05, 0) is 59.7 Å².